The number of ether oxygens (including phenoxy) is 2. The Hall–Kier alpha value is -2.21. The van der Waals surface area contributed by atoms with Gasteiger partial charge in [0.25, 0.3) is 0 Å². The van der Waals surface area contributed by atoms with Crippen LogP contribution in [-0.4, -0.2) is 26.7 Å². The zero-order valence-corrected chi connectivity index (χ0v) is 16.2. The summed E-state index contributed by atoms with van der Waals surface area (Å²) in [5.74, 6) is 2.36. The molecule has 2 N–H and O–H groups in total. The maximum Gasteiger partial charge on any atom is 0.191 e. The second kappa shape index (κ2) is 9.93. The number of thiophene rings is 1. The topological polar surface area (TPSA) is 54.9 Å². The number of hydrogen-bond acceptors (Lipinski definition) is 4. The van der Waals surface area contributed by atoms with Crippen LogP contribution in [-0.2, 0) is 19.5 Å². The molecule has 1 heterocycles. The SMILES string of the molecule is CCNC(=NCc1ccc(OC)cc1OC)NCc1ccc(CC)s1. The number of aryl methyl sites for hydroxylation is 1. The van der Waals surface area contributed by atoms with Crippen LogP contribution < -0.4 is 20.1 Å². The van der Waals surface area contributed by atoms with Gasteiger partial charge < -0.3 is 20.1 Å². The van der Waals surface area contributed by atoms with Gasteiger partial charge in [0.1, 0.15) is 11.5 Å². The Bertz CT molecular complexity index is 698. The van der Waals surface area contributed by atoms with E-state index < -0.39 is 0 Å². The van der Waals surface area contributed by atoms with Crippen LogP contribution in [0.15, 0.2) is 35.3 Å². The maximum absolute atomic E-state index is 5.44. The predicted octanol–water partition coefficient (Wildman–Crippen LogP) is 3.58. The first-order chi connectivity index (χ1) is 12.2. The van der Waals surface area contributed by atoms with Gasteiger partial charge in [-0.05, 0) is 37.6 Å². The van der Waals surface area contributed by atoms with Gasteiger partial charge in [-0.1, -0.05) is 6.92 Å². The molecule has 2 aromatic rings. The number of benzene rings is 1. The van der Waals surface area contributed by atoms with Gasteiger partial charge >= 0.3 is 0 Å². The molecule has 5 nitrogen and oxygen atoms in total. The fourth-order valence-electron chi connectivity index (χ4n) is 2.37. The van der Waals surface area contributed by atoms with Crippen LogP contribution in [0.1, 0.15) is 29.2 Å². The zero-order chi connectivity index (χ0) is 18.1. The van der Waals surface area contributed by atoms with E-state index >= 15 is 0 Å². The molecule has 0 saturated carbocycles. The van der Waals surface area contributed by atoms with Gasteiger partial charge in [0, 0.05) is 27.9 Å². The van der Waals surface area contributed by atoms with Crippen LogP contribution in [0.25, 0.3) is 0 Å². The lowest BCUT2D eigenvalue weighted by atomic mass is 10.2. The molecule has 136 valence electrons. The number of nitrogens with one attached hydrogen (secondary N) is 2. The Morgan fingerprint density at radius 1 is 1.04 bits per heavy atom. The third-order valence-corrected chi connectivity index (χ3v) is 4.97. The van der Waals surface area contributed by atoms with Crippen LogP contribution >= 0.6 is 11.3 Å². The monoisotopic (exact) mass is 361 g/mol. The molecule has 0 fully saturated rings. The first-order valence-corrected chi connectivity index (χ1v) is 9.32. The number of aliphatic imine (C=N–C) groups is 1. The van der Waals surface area contributed by atoms with Crippen molar-refractivity contribution in [2.45, 2.75) is 33.4 Å². The number of nitrogens with zero attached hydrogens (tertiary/aromatic N) is 1. The van der Waals surface area contributed by atoms with Crippen LogP contribution in [0.2, 0.25) is 0 Å². The normalized spacial score (nSPS) is 11.3. The van der Waals surface area contributed by atoms with E-state index in [1.165, 1.54) is 9.75 Å². The van der Waals surface area contributed by atoms with Crippen molar-refractivity contribution in [1.82, 2.24) is 10.6 Å². The van der Waals surface area contributed by atoms with E-state index in [1.54, 1.807) is 14.2 Å². The molecule has 0 spiro atoms. The van der Waals surface area contributed by atoms with Crippen molar-refractivity contribution >= 4 is 17.3 Å². The molecule has 6 heteroatoms. The van der Waals surface area contributed by atoms with E-state index in [0.29, 0.717) is 6.54 Å². The average molecular weight is 362 g/mol. The Labute approximate surface area is 154 Å². The van der Waals surface area contributed by atoms with Crippen LogP contribution in [0, 0.1) is 0 Å². The summed E-state index contributed by atoms with van der Waals surface area (Å²) >= 11 is 1.84. The molecule has 0 amide bonds. The highest BCUT2D eigenvalue weighted by Crippen LogP contribution is 2.25. The fourth-order valence-corrected chi connectivity index (χ4v) is 3.26. The van der Waals surface area contributed by atoms with Crippen LogP contribution in [0.4, 0.5) is 0 Å². The average Bonchev–Trinajstić information content (AvgIpc) is 3.12. The number of rotatable bonds is 8. The molecule has 1 aromatic heterocycles. The first kappa shape index (κ1) is 19.1. The lowest BCUT2D eigenvalue weighted by molar-refractivity contribution is 0.391. The number of guanidine groups is 1. The fraction of sp³-hybridized carbons (Fsp3) is 0.421. The third-order valence-electron chi connectivity index (χ3n) is 3.74. The predicted molar refractivity (Wildman–Crippen MR) is 105 cm³/mol. The lowest BCUT2D eigenvalue weighted by Gasteiger charge is -2.12. The quantitative estimate of drug-likeness (QED) is 0.557. The number of hydrogen-bond donors (Lipinski definition) is 2. The first-order valence-electron chi connectivity index (χ1n) is 8.50. The molecule has 0 aliphatic rings. The van der Waals surface area contributed by atoms with Crippen molar-refractivity contribution in [3.8, 4) is 11.5 Å². The van der Waals surface area contributed by atoms with Gasteiger partial charge in [0.15, 0.2) is 5.96 Å². The van der Waals surface area contributed by atoms with E-state index in [9.17, 15) is 0 Å². The van der Waals surface area contributed by atoms with Gasteiger partial charge in [0.2, 0.25) is 0 Å². The number of methoxy groups -OCH3 is 2. The van der Waals surface area contributed by atoms with Crippen molar-refractivity contribution in [1.29, 1.82) is 0 Å². The minimum absolute atomic E-state index is 0.535. The molecule has 25 heavy (non-hydrogen) atoms. The highest BCUT2D eigenvalue weighted by atomic mass is 32.1. The lowest BCUT2D eigenvalue weighted by Crippen LogP contribution is -2.36. The zero-order valence-electron chi connectivity index (χ0n) is 15.4. The standard InChI is InChI=1S/C19H27N3O2S/c1-5-16-9-10-17(25-16)13-22-19(20-6-2)21-12-14-7-8-15(23-3)11-18(14)24-4/h7-11H,5-6,12-13H2,1-4H3,(H2,20,21,22). The Balaban J connectivity index is 2.03. The molecule has 0 atom stereocenters. The molecule has 0 radical (unpaired) electrons. The van der Waals surface area contributed by atoms with E-state index in [1.807, 2.05) is 29.5 Å². The molecule has 0 aliphatic heterocycles. The van der Waals surface area contributed by atoms with Crippen LogP contribution in [0.5, 0.6) is 11.5 Å². The Morgan fingerprint density at radius 2 is 1.84 bits per heavy atom. The van der Waals surface area contributed by atoms with E-state index in [0.717, 1.165) is 42.5 Å². The summed E-state index contributed by atoms with van der Waals surface area (Å²) < 4.78 is 10.7. The van der Waals surface area contributed by atoms with Gasteiger partial charge in [-0.25, -0.2) is 4.99 Å². The van der Waals surface area contributed by atoms with E-state index in [-0.39, 0.29) is 0 Å². The second-order valence-electron chi connectivity index (χ2n) is 5.45. The summed E-state index contributed by atoms with van der Waals surface area (Å²) in [7, 11) is 3.31. The molecular formula is C19H27N3O2S. The minimum Gasteiger partial charge on any atom is -0.497 e. The van der Waals surface area contributed by atoms with E-state index in [2.05, 4.69) is 41.6 Å². The summed E-state index contributed by atoms with van der Waals surface area (Å²) in [5.41, 5.74) is 1.02. The second-order valence-corrected chi connectivity index (χ2v) is 6.70. The van der Waals surface area contributed by atoms with Crippen LogP contribution in [0.3, 0.4) is 0 Å². The maximum atomic E-state index is 5.44. The minimum atomic E-state index is 0.535. The smallest absolute Gasteiger partial charge is 0.191 e. The Morgan fingerprint density at radius 3 is 2.48 bits per heavy atom. The summed E-state index contributed by atoms with van der Waals surface area (Å²) in [6.45, 7) is 6.36. The highest BCUT2D eigenvalue weighted by Gasteiger charge is 2.06. The molecular weight excluding hydrogens is 334 g/mol. The van der Waals surface area contributed by atoms with Crippen molar-refractivity contribution in [2.75, 3.05) is 20.8 Å². The molecule has 0 bridgehead atoms. The van der Waals surface area contributed by atoms with Crippen molar-refractivity contribution < 1.29 is 9.47 Å². The summed E-state index contributed by atoms with van der Waals surface area (Å²) in [6.07, 6.45) is 1.08. The van der Waals surface area contributed by atoms with E-state index in [4.69, 9.17) is 9.47 Å². The van der Waals surface area contributed by atoms with Gasteiger partial charge in [-0.15, -0.1) is 11.3 Å². The summed E-state index contributed by atoms with van der Waals surface area (Å²) in [5, 5.41) is 6.67. The van der Waals surface area contributed by atoms with Crippen molar-refractivity contribution in [3.63, 3.8) is 0 Å². The van der Waals surface area contributed by atoms with Gasteiger partial charge in [0.05, 0.1) is 27.3 Å². The third kappa shape index (κ3) is 5.67. The van der Waals surface area contributed by atoms with Gasteiger partial charge in [-0.3, -0.25) is 0 Å². The Kier molecular flexibility index (Phi) is 7.60. The molecule has 1 aromatic carbocycles. The van der Waals surface area contributed by atoms with Crippen molar-refractivity contribution in [2.24, 2.45) is 4.99 Å². The van der Waals surface area contributed by atoms with Gasteiger partial charge in [-0.2, -0.15) is 0 Å². The molecule has 2 rings (SSSR count). The molecule has 0 aliphatic carbocycles. The molecule has 0 saturated heterocycles. The van der Waals surface area contributed by atoms with Crippen molar-refractivity contribution in [3.05, 3.63) is 45.6 Å². The highest BCUT2D eigenvalue weighted by molar-refractivity contribution is 7.11. The summed E-state index contributed by atoms with van der Waals surface area (Å²) in [4.78, 5) is 7.38. The molecule has 0 unspecified atom stereocenters. The largest absolute Gasteiger partial charge is 0.497 e. The summed E-state index contributed by atoms with van der Waals surface area (Å²) in [6, 6.07) is 10.1.